The third-order valence-corrected chi connectivity index (χ3v) is 5.89. The molecule has 0 radical (unpaired) electrons. The van der Waals surface area contributed by atoms with Gasteiger partial charge in [0.15, 0.2) is 0 Å². The smallest absolute Gasteiger partial charge is 0.139 e. The molecule has 1 aliphatic rings. The molecule has 1 aromatic carbocycles. The Morgan fingerprint density at radius 3 is 3.06 bits per heavy atom. The van der Waals surface area contributed by atoms with E-state index in [0.29, 0.717) is 16.0 Å². The lowest BCUT2D eigenvalue weighted by Gasteiger charge is -2.11. The molecule has 17 heavy (non-hydrogen) atoms. The summed E-state index contributed by atoms with van der Waals surface area (Å²) >= 11 is 5.42. The molecule has 1 N–H and O–H groups in total. The first-order valence-corrected chi connectivity index (χ1v) is 8.46. The zero-order valence-corrected chi connectivity index (χ0v) is 13.2. The Labute approximate surface area is 122 Å². The highest BCUT2D eigenvalue weighted by molar-refractivity contribution is 14.1. The zero-order valence-electron chi connectivity index (χ0n) is 8.65. The van der Waals surface area contributed by atoms with E-state index in [2.05, 4.69) is 43.5 Å². The molecule has 2 nitrogen and oxygen atoms in total. The Morgan fingerprint density at radius 1 is 1.53 bits per heavy atom. The molecule has 0 bridgehead atoms. The molecule has 0 aliphatic carbocycles. The van der Waals surface area contributed by atoms with Gasteiger partial charge < -0.3 is 4.98 Å². The van der Waals surface area contributed by atoms with Crippen LogP contribution in [0.3, 0.4) is 0 Å². The van der Waals surface area contributed by atoms with Crippen molar-refractivity contribution >= 4 is 60.2 Å². The highest BCUT2D eigenvalue weighted by atomic mass is 127. The van der Waals surface area contributed by atoms with E-state index in [4.69, 9.17) is 0 Å². The monoisotopic (exact) mass is 427 g/mol. The van der Waals surface area contributed by atoms with Gasteiger partial charge in [-0.3, -0.25) is 4.21 Å². The summed E-state index contributed by atoms with van der Waals surface area (Å²) in [6.45, 7) is 0. The maximum atomic E-state index is 13.7. The van der Waals surface area contributed by atoms with Crippen molar-refractivity contribution in [3.05, 3.63) is 31.2 Å². The highest BCUT2D eigenvalue weighted by Crippen LogP contribution is 2.36. The van der Waals surface area contributed by atoms with Crippen molar-refractivity contribution in [3.8, 4) is 0 Å². The fraction of sp³-hybridized carbons (Fsp3) is 0.273. The van der Waals surface area contributed by atoms with Crippen LogP contribution in [0.2, 0.25) is 0 Å². The molecule has 1 aromatic heterocycles. The average molecular weight is 428 g/mol. The third-order valence-electron chi connectivity index (χ3n) is 3.00. The predicted molar refractivity (Wildman–Crippen MR) is 79.1 cm³/mol. The second kappa shape index (κ2) is 4.31. The van der Waals surface area contributed by atoms with Crippen LogP contribution in [0.15, 0.2) is 10.5 Å². The standard InChI is InChI=1S/C11H8BrFINOS/c12-10-6(13)3-7(14)11-9(10)5-4-17(16)2-1-8(5)15-11/h3,15H,1-2,4H2. The van der Waals surface area contributed by atoms with Crippen LogP contribution in [0.5, 0.6) is 0 Å². The number of rotatable bonds is 0. The van der Waals surface area contributed by atoms with Gasteiger partial charge in [-0.2, -0.15) is 0 Å². The Bertz CT molecular complexity index is 655. The molecule has 0 saturated heterocycles. The van der Waals surface area contributed by atoms with Crippen molar-refractivity contribution in [2.75, 3.05) is 5.75 Å². The lowest BCUT2D eigenvalue weighted by atomic mass is 10.1. The number of aromatic amines is 1. The summed E-state index contributed by atoms with van der Waals surface area (Å²) in [5.41, 5.74) is 3.06. The van der Waals surface area contributed by atoms with Crippen molar-refractivity contribution in [2.24, 2.45) is 0 Å². The molecule has 2 heterocycles. The van der Waals surface area contributed by atoms with Crippen LogP contribution in [-0.4, -0.2) is 14.9 Å². The van der Waals surface area contributed by atoms with Crippen molar-refractivity contribution in [3.63, 3.8) is 0 Å². The minimum Gasteiger partial charge on any atom is -0.357 e. The molecular formula is C11H8BrFINOS. The summed E-state index contributed by atoms with van der Waals surface area (Å²) < 4.78 is 26.7. The molecule has 1 unspecified atom stereocenters. The first kappa shape index (κ1) is 12.1. The maximum absolute atomic E-state index is 13.7. The maximum Gasteiger partial charge on any atom is 0.139 e. The van der Waals surface area contributed by atoms with Crippen LogP contribution < -0.4 is 0 Å². The molecule has 90 valence electrons. The van der Waals surface area contributed by atoms with Gasteiger partial charge in [-0.05, 0) is 56.6 Å². The molecule has 1 aliphatic heterocycles. The molecule has 0 fully saturated rings. The van der Waals surface area contributed by atoms with Crippen LogP contribution in [0.4, 0.5) is 4.39 Å². The number of fused-ring (bicyclic) bond motifs is 3. The highest BCUT2D eigenvalue weighted by Gasteiger charge is 2.23. The fourth-order valence-electron chi connectivity index (χ4n) is 2.20. The largest absolute Gasteiger partial charge is 0.357 e. The van der Waals surface area contributed by atoms with E-state index < -0.39 is 10.8 Å². The Hall–Kier alpha value is 0.0500. The molecular weight excluding hydrogens is 420 g/mol. The van der Waals surface area contributed by atoms with Gasteiger partial charge in [0.1, 0.15) is 5.82 Å². The fourth-order valence-corrected chi connectivity index (χ4v) is 4.65. The van der Waals surface area contributed by atoms with Gasteiger partial charge in [0.25, 0.3) is 0 Å². The second-order valence-electron chi connectivity index (χ2n) is 4.02. The summed E-state index contributed by atoms with van der Waals surface area (Å²) in [6.07, 6.45) is 0.779. The molecule has 3 rings (SSSR count). The molecule has 0 saturated carbocycles. The summed E-state index contributed by atoms with van der Waals surface area (Å²) in [4.78, 5) is 3.33. The number of hydrogen-bond acceptors (Lipinski definition) is 1. The van der Waals surface area contributed by atoms with Gasteiger partial charge in [-0.15, -0.1) is 0 Å². The number of aromatic nitrogens is 1. The molecule has 1 atom stereocenters. The van der Waals surface area contributed by atoms with Crippen LogP contribution in [0.1, 0.15) is 11.3 Å². The van der Waals surface area contributed by atoms with Gasteiger partial charge >= 0.3 is 0 Å². The number of aryl methyl sites for hydroxylation is 1. The van der Waals surface area contributed by atoms with E-state index in [1.165, 1.54) is 6.07 Å². The van der Waals surface area contributed by atoms with E-state index in [9.17, 15) is 8.60 Å². The molecule has 0 amide bonds. The minimum atomic E-state index is -0.823. The van der Waals surface area contributed by atoms with Crippen molar-refractivity contribution in [1.29, 1.82) is 0 Å². The zero-order chi connectivity index (χ0) is 12.2. The molecule has 6 heteroatoms. The molecule has 0 spiro atoms. The van der Waals surface area contributed by atoms with Crippen LogP contribution >= 0.6 is 38.5 Å². The summed E-state index contributed by atoms with van der Waals surface area (Å²) in [5, 5.41) is 0.859. The van der Waals surface area contributed by atoms with Gasteiger partial charge in [-0.1, -0.05) is 0 Å². The number of hydrogen-bond donors (Lipinski definition) is 1. The Balaban J connectivity index is 2.41. The van der Waals surface area contributed by atoms with Crippen LogP contribution in [0.25, 0.3) is 10.9 Å². The minimum absolute atomic E-state index is 0.264. The summed E-state index contributed by atoms with van der Waals surface area (Å²) in [5.74, 6) is 0.948. The van der Waals surface area contributed by atoms with E-state index in [0.717, 1.165) is 32.2 Å². The van der Waals surface area contributed by atoms with Crippen LogP contribution in [0, 0.1) is 9.39 Å². The van der Waals surface area contributed by atoms with E-state index in [1.54, 1.807) is 0 Å². The molecule has 2 aromatic rings. The predicted octanol–water partition coefficient (Wildman–Crippen LogP) is 3.48. The van der Waals surface area contributed by atoms with Gasteiger partial charge in [0.2, 0.25) is 0 Å². The van der Waals surface area contributed by atoms with Gasteiger partial charge in [-0.25, -0.2) is 4.39 Å². The van der Waals surface area contributed by atoms with Crippen LogP contribution in [-0.2, 0) is 23.0 Å². The lowest BCUT2D eigenvalue weighted by molar-refractivity contribution is 0.622. The number of benzene rings is 1. The van der Waals surface area contributed by atoms with Gasteiger partial charge in [0.05, 0.1) is 15.7 Å². The van der Waals surface area contributed by atoms with Gasteiger partial charge in [0, 0.05) is 31.2 Å². The first-order chi connectivity index (χ1) is 8.08. The SMILES string of the molecule is O=S1CCc2[nH]c3c(I)cc(F)c(Br)c3c2C1. The van der Waals surface area contributed by atoms with E-state index in [-0.39, 0.29) is 5.82 Å². The van der Waals surface area contributed by atoms with E-state index >= 15 is 0 Å². The van der Waals surface area contributed by atoms with Crippen molar-refractivity contribution in [2.45, 2.75) is 12.2 Å². The first-order valence-electron chi connectivity index (χ1n) is 5.10. The number of H-pyrrole nitrogens is 1. The van der Waals surface area contributed by atoms with Crippen molar-refractivity contribution in [1.82, 2.24) is 4.98 Å². The average Bonchev–Trinajstić information content (AvgIpc) is 2.65. The topological polar surface area (TPSA) is 32.9 Å². The summed E-state index contributed by atoms with van der Waals surface area (Å²) in [7, 11) is -0.823. The van der Waals surface area contributed by atoms with Crippen molar-refractivity contribution < 1.29 is 8.60 Å². The van der Waals surface area contributed by atoms with E-state index in [1.807, 2.05) is 0 Å². The summed E-state index contributed by atoms with van der Waals surface area (Å²) in [6, 6.07) is 1.51. The third kappa shape index (κ3) is 1.88. The number of nitrogens with one attached hydrogen (secondary N) is 1. The Morgan fingerprint density at radius 2 is 2.29 bits per heavy atom. The normalized spacial score (nSPS) is 19.6. The lowest BCUT2D eigenvalue weighted by Crippen LogP contribution is -2.12. The second-order valence-corrected chi connectivity index (χ2v) is 7.56. The Kier molecular flexibility index (Phi) is 3.07. The number of halogens is 3. The quantitative estimate of drug-likeness (QED) is 0.506.